The summed E-state index contributed by atoms with van der Waals surface area (Å²) in [4.78, 5) is 12.3. The molecular formula is C15H20FN3O. The topological polar surface area (TPSA) is 78.9 Å². The van der Waals surface area contributed by atoms with E-state index in [1.807, 2.05) is 6.07 Å². The van der Waals surface area contributed by atoms with Gasteiger partial charge in [0.25, 0.3) is 0 Å². The summed E-state index contributed by atoms with van der Waals surface area (Å²) in [5.41, 5.74) is 5.17. The number of carbonyl (C=O) groups excluding carboxylic acids is 1. The lowest BCUT2D eigenvalue weighted by molar-refractivity contribution is -0.126. The van der Waals surface area contributed by atoms with Crippen LogP contribution in [0.25, 0.3) is 0 Å². The molecule has 1 amide bonds. The molecule has 5 heteroatoms. The predicted octanol–water partition coefficient (Wildman–Crippen LogP) is 2.71. The summed E-state index contributed by atoms with van der Waals surface area (Å²) >= 11 is 0. The van der Waals surface area contributed by atoms with Gasteiger partial charge in [-0.25, -0.2) is 4.39 Å². The van der Waals surface area contributed by atoms with E-state index >= 15 is 0 Å². The van der Waals surface area contributed by atoms with E-state index in [9.17, 15) is 9.18 Å². The van der Waals surface area contributed by atoms with Gasteiger partial charge in [-0.3, -0.25) is 4.79 Å². The Kier molecular flexibility index (Phi) is 4.21. The Morgan fingerprint density at radius 3 is 2.35 bits per heavy atom. The number of hydrogen-bond donors (Lipinski definition) is 2. The number of hydrogen-bond acceptors (Lipinski definition) is 3. The quantitative estimate of drug-likeness (QED) is 0.891. The van der Waals surface area contributed by atoms with Crippen LogP contribution in [0, 0.1) is 29.5 Å². The normalized spacial score (nSPS) is 11.9. The van der Waals surface area contributed by atoms with Crippen LogP contribution >= 0.6 is 0 Å². The Balaban J connectivity index is 3.15. The van der Waals surface area contributed by atoms with Crippen molar-refractivity contribution in [3.05, 3.63) is 29.1 Å². The summed E-state index contributed by atoms with van der Waals surface area (Å²) in [7, 11) is 0. The van der Waals surface area contributed by atoms with Gasteiger partial charge in [-0.2, -0.15) is 5.26 Å². The van der Waals surface area contributed by atoms with Crippen LogP contribution in [0.2, 0.25) is 0 Å². The molecule has 1 aromatic carbocycles. The van der Waals surface area contributed by atoms with Gasteiger partial charge in [-0.05, 0) is 46.8 Å². The number of rotatable bonds is 3. The van der Waals surface area contributed by atoms with Crippen molar-refractivity contribution in [2.24, 2.45) is 11.1 Å². The fourth-order valence-corrected chi connectivity index (χ4v) is 1.44. The van der Waals surface area contributed by atoms with Crippen molar-refractivity contribution >= 4 is 11.6 Å². The van der Waals surface area contributed by atoms with Crippen molar-refractivity contribution in [2.45, 2.75) is 40.2 Å². The lowest BCUT2D eigenvalue weighted by Gasteiger charge is -2.37. The van der Waals surface area contributed by atoms with Gasteiger partial charge in [-0.15, -0.1) is 0 Å². The molecule has 0 unspecified atom stereocenters. The highest BCUT2D eigenvalue weighted by Crippen LogP contribution is 2.31. The van der Waals surface area contributed by atoms with Gasteiger partial charge < -0.3 is 11.1 Å². The Morgan fingerprint density at radius 2 is 1.90 bits per heavy atom. The number of nitrogens with zero attached hydrogens (tertiary/aromatic N) is 1. The number of nitrogens with two attached hydrogens (primary N) is 1. The van der Waals surface area contributed by atoms with Gasteiger partial charge in [0, 0.05) is 16.8 Å². The number of nitrogens with one attached hydrogen (secondary N) is 1. The molecule has 108 valence electrons. The smallest absolute Gasteiger partial charge is 0.231 e. The summed E-state index contributed by atoms with van der Waals surface area (Å²) in [6, 6.07) is 4.46. The number of amides is 1. The second-order valence-corrected chi connectivity index (χ2v) is 6.04. The summed E-state index contributed by atoms with van der Waals surface area (Å²) in [6.45, 7) is 8.51. The van der Waals surface area contributed by atoms with Crippen LogP contribution in [0.3, 0.4) is 0 Å². The highest BCUT2D eigenvalue weighted by Gasteiger charge is 2.40. The molecule has 4 nitrogen and oxygen atoms in total. The Labute approximate surface area is 118 Å². The fourth-order valence-electron chi connectivity index (χ4n) is 1.44. The molecule has 0 radical (unpaired) electrons. The van der Waals surface area contributed by atoms with Gasteiger partial charge in [0.15, 0.2) is 0 Å². The largest absolute Gasteiger partial charge is 0.325 e. The van der Waals surface area contributed by atoms with Crippen LogP contribution < -0.4 is 11.1 Å². The van der Waals surface area contributed by atoms with E-state index in [1.54, 1.807) is 34.6 Å². The van der Waals surface area contributed by atoms with Crippen LogP contribution in [0.5, 0.6) is 0 Å². The van der Waals surface area contributed by atoms with Crippen LogP contribution in [-0.4, -0.2) is 11.4 Å². The third-order valence-electron chi connectivity index (χ3n) is 3.90. The van der Waals surface area contributed by atoms with E-state index in [1.165, 1.54) is 6.07 Å². The minimum Gasteiger partial charge on any atom is -0.325 e. The van der Waals surface area contributed by atoms with E-state index in [0.29, 0.717) is 11.3 Å². The van der Waals surface area contributed by atoms with Gasteiger partial charge in [0.2, 0.25) is 5.91 Å². The maximum Gasteiger partial charge on any atom is 0.231 e. The number of carbonyl (C=O) groups is 1. The summed E-state index contributed by atoms with van der Waals surface area (Å²) < 4.78 is 13.7. The SMILES string of the molecule is Cc1c(F)cc(C#N)cc1NC(=O)C(C)(C)C(C)(C)N. The molecule has 0 heterocycles. The number of benzene rings is 1. The highest BCUT2D eigenvalue weighted by atomic mass is 19.1. The van der Waals surface area contributed by atoms with Crippen molar-refractivity contribution in [1.29, 1.82) is 5.26 Å². The Hall–Kier alpha value is -1.93. The second-order valence-electron chi connectivity index (χ2n) is 6.04. The van der Waals surface area contributed by atoms with Crippen molar-refractivity contribution in [3.8, 4) is 6.07 Å². The monoisotopic (exact) mass is 277 g/mol. The lowest BCUT2D eigenvalue weighted by Crippen LogP contribution is -2.53. The zero-order chi connectivity index (χ0) is 15.7. The van der Waals surface area contributed by atoms with Crippen molar-refractivity contribution < 1.29 is 9.18 Å². The molecule has 0 aliphatic rings. The molecule has 1 aromatic rings. The molecule has 0 aliphatic carbocycles. The lowest BCUT2D eigenvalue weighted by atomic mass is 9.74. The fraction of sp³-hybridized carbons (Fsp3) is 0.467. The standard InChI is InChI=1S/C15H20FN3O/c1-9-11(16)6-10(8-17)7-12(9)19-13(20)14(2,3)15(4,5)18/h6-7H,18H2,1-5H3,(H,19,20). The first-order valence-corrected chi connectivity index (χ1v) is 6.31. The zero-order valence-corrected chi connectivity index (χ0v) is 12.5. The molecule has 0 atom stereocenters. The highest BCUT2D eigenvalue weighted by molar-refractivity contribution is 5.96. The first-order chi connectivity index (χ1) is 9.00. The van der Waals surface area contributed by atoms with Crippen molar-refractivity contribution in [2.75, 3.05) is 5.32 Å². The molecule has 0 saturated carbocycles. The molecule has 0 saturated heterocycles. The molecule has 3 N–H and O–H groups in total. The zero-order valence-electron chi connectivity index (χ0n) is 12.5. The maximum atomic E-state index is 13.7. The van der Waals surface area contributed by atoms with Gasteiger partial charge in [0.05, 0.1) is 17.0 Å². The van der Waals surface area contributed by atoms with Crippen LogP contribution in [0.4, 0.5) is 10.1 Å². The number of anilines is 1. The third kappa shape index (κ3) is 2.97. The van der Waals surface area contributed by atoms with Crippen LogP contribution in [-0.2, 0) is 4.79 Å². The van der Waals surface area contributed by atoms with E-state index in [4.69, 9.17) is 11.0 Å². The molecule has 0 aliphatic heterocycles. The first kappa shape index (κ1) is 16.1. The molecule has 20 heavy (non-hydrogen) atoms. The summed E-state index contributed by atoms with van der Waals surface area (Å²) in [6.07, 6.45) is 0. The third-order valence-corrected chi connectivity index (χ3v) is 3.90. The molecule has 0 aromatic heterocycles. The number of nitriles is 1. The molecular weight excluding hydrogens is 257 g/mol. The second kappa shape index (κ2) is 5.22. The van der Waals surface area contributed by atoms with Gasteiger partial charge in [-0.1, -0.05) is 0 Å². The van der Waals surface area contributed by atoms with Gasteiger partial charge >= 0.3 is 0 Å². The summed E-state index contributed by atoms with van der Waals surface area (Å²) in [5, 5.41) is 11.5. The number of halogens is 1. The van der Waals surface area contributed by atoms with Crippen molar-refractivity contribution in [1.82, 2.24) is 0 Å². The van der Waals surface area contributed by atoms with Crippen molar-refractivity contribution in [3.63, 3.8) is 0 Å². The molecule has 0 spiro atoms. The average molecular weight is 277 g/mol. The molecule has 1 rings (SSSR count). The first-order valence-electron chi connectivity index (χ1n) is 6.31. The molecule has 0 bridgehead atoms. The minimum absolute atomic E-state index is 0.160. The Bertz CT molecular complexity index is 580. The summed E-state index contributed by atoms with van der Waals surface area (Å²) in [5.74, 6) is -0.841. The van der Waals surface area contributed by atoms with Crippen LogP contribution in [0.15, 0.2) is 12.1 Å². The predicted molar refractivity (Wildman–Crippen MR) is 76.5 cm³/mol. The van der Waals surface area contributed by atoms with E-state index in [2.05, 4.69) is 5.32 Å². The van der Waals surface area contributed by atoms with E-state index in [0.717, 1.165) is 6.07 Å². The van der Waals surface area contributed by atoms with E-state index in [-0.39, 0.29) is 11.5 Å². The van der Waals surface area contributed by atoms with E-state index < -0.39 is 16.8 Å². The van der Waals surface area contributed by atoms with Crippen LogP contribution in [0.1, 0.15) is 38.8 Å². The molecule has 0 fully saturated rings. The average Bonchev–Trinajstić information content (AvgIpc) is 2.32. The minimum atomic E-state index is -0.849. The Morgan fingerprint density at radius 1 is 1.35 bits per heavy atom. The van der Waals surface area contributed by atoms with Gasteiger partial charge in [0.1, 0.15) is 5.82 Å². The maximum absolute atomic E-state index is 13.7.